The van der Waals surface area contributed by atoms with Gasteiger partial charge in [0.15, 0.2) is 0 Å². The number of nitrogens with zero attached hydrogens (tertiary/aromatic N) is 1. The molecule has 1 fully saturated rings. The van der Waals surface area contributed by atoms with Gasteiger partial charge in [-0.25, -0.2) is 4.39 Å². The average molecular weight is 250 g/mol. The Morgan fingerprint density at radius 3 is 2.78 bits per heavy atom. The summed E-state index contributed by atoms with van der Waals surface area (Å²) in [6.07, 6.45) is 3.63. The summed E-state index contributed by atoms with van der Waals surface area (Å²) in [6.45, 7) is 6.97. The highest BCUT2D eigenvalue weighted by atomic mass is 19.1. The maximum Gasteiger partial charge on any atom is 0.127 e. The van der Waals surface area contributed by atoms with Crippen LogP contribution in [0, 0.1) is 5.82 Å². The first-order valence-electron chi connectivity index (χ1n) is 7.00. The van der Waals surface area contributed by atoms with E-state index in [9.17, 15) is 4.39 Å². The minimum atomic E-state index is -0.0684. The average Bonchev–Trinajstić information content (AvgIpc) is 2.86. The van der Waals surface area contributed by atoms with Gasteiger partial charge in [-0.3, -0.25) is 4.90 Å². The molecule has 0 bridgehead atoms. The number of hydrogen-bond acceptors (Lipinski definition) is 2. The molecule has 1 aliphatic heterocycles. The maximum atomic E-state index is 13.8. The van der Waals surface area contributed by atoms with Crippen LogP contribution in [0.2, 0.25) is 0 Å². The van der Waals surface area contributed by atoms with E-state index in [1.807, 2.05) is 12.1 Å². The van der Waals surface area contributed by atoms with Gasteiger partial charge in [0.05, 0.1) is 0 Å². The first kappa shape index (κ1) is 13.5. The first-order chi connectivity index (χ1) is 8.79. The summed E-state index contributed by atoms with van der Waals surface area (Å²) < 4.78 is 13.8. The van der Waals surface area contributed by atoms with Crippen LogP contribution in [-0.2, 0) is 13.1 Å². The molecule has 0 aromatic heterocycles. The third-order valence-electron chi connectivity index (χ3n) is 3.46. The van der Waals surface area contributed by atoms with Crippen LogP contribution < -0.4 is 5.32 Å². The van der Waals surface area contributed by atoms with E-state index in [1.54, 1.807) is 6.07 Å². The molecule has 18 heavy (non-hydrogen) atoms. The SMILES string of the molecule is CCCNCc1ccc(F)c(CN2CCCC2)c1. The van der Waals surface area contributed by atoms with Crippen molar-refractivity contribution in [2.24, 2.45) is 0 Å². The third-order valence-corrected chi connectivity index (χ3v) is 3.46. The number of nitrogens with one attached hydrogen (secondary N) is 1. The standard InChI is InChI=1S/C15H23FN2/c1-2-7-17-11-13-5-6-15(16)14(10-13)12-18-8-3-4-9-18/h5-6,10,17H,2-4,7-9,11-12H2,1H3. The summed E-state index contributed by atoms with van der Waals surface area (Å²) in [5.74, 6) is -0.0684. The quantitative estimate of drug-likeness (QED) is 0.781. The van der Waals surface area contributed by atoms with Crippen molar-refractivity contribution in [2.45, 2.75) is 39.3 Å². The van der Waals surface area contributed by atoms with E-state index in [0.717, 1.165) is 44.7 Å². The monoisotopic (exact) mass is 250 g/mol. The highest BCUT2D eigenvalue weighted by molar-refractivity contribution is 5.25. The van der Waals surface area contributed by atoms with Crippen LogP contribution in [0.1, 0.15) is 37.3 Å². The Kier molecular flexibility index (Phi) is 5.14. The normalized spacial score (nSPS) is 16.3. The van der Waals surface area contributed by atoms with Gasteiger partial charge in [-0.15, -0.1) is 0 Å². The van der Waals surface area contributed by atoms with E-state index < -0.39 is 0 Å². The summed E-state index contributed by atoms with van der Waals surface area (Å²) in [5.41, 5.74) is 2.02. The molecule has 0 spiro atoms. The largest absolute Gasteiger partial charge is 0.313 e. The van der Waals surface area contributed by atoms with Crippen LogP contribution in [0.3, 0.4) is 0 Å². The van der Waals surface area contributed by atoms with Gasteiger partial charge < -0.3 is 5.32 Å². The fourth-order valence-corrected chi connectivity index (χ4v) is 2.45. The molecule has 1 aliphatic rings. The zero-order valence-corrected chi connectivity index (χ0v) is 11.2. The van der Waals surface area contributed by atoms with Crippen molar-refractivity contribution in [1.82, 2.24) is 10.2 Å². The van der Waals surface area contributed by atoms with E-state index in [0.29, 0.717) is 0 Å². The lowest BCUT2D eigenvalue weighted by atomic mass is 10.1. The lowest BCUT2D eigenvalue weighted by Crippen LogP contribution is -2.20. The Morgan fingerprint density at radius 2 is 2.06 bits per heavy atom. The lowest BCUT2D eigenvalue weighted by molar-refractivity contribution is 0.325. The second kappa shape index (κ2) is 6.86. The number of halogens is 1. The van der Waals surface area contributed by atoms with E-state index in [1.165, 1.54) is 18.4 Å². The predicted octanol–water partition coefficient (Wildman–Crippen LogP) is 2.92. The van der Waals surface area contributed by atoms with E-state index in [2.05, 4.69) is 17.1 Å². The Hall–Kier alpha value is -0.930. The van der Waals surface area contributed by atoms with Crippen LogP contribution in [0.5, 0.6) is 0 Å². The van der Waals surface area contributed by atoms with Crippen molar-refractivity contribution in [3.05, 3.63) is 35.1 Å². The second-order valence-electron chi connectivity index (χ2n) is 5.09. The Labute approximate surface area is 109 Å². The smallest absolute Gasteiger partial charge is 0.127 e. The molecule has 2 nitrogen and oxygen atoms in total. The minimum Gasteiger partial charge on any atom is -0.313 e. The van der Waals surface area contributed by atoms with Crippen molar-refractivity contribution in [3.8, 4) is 0 Å². The second-order valence-corrected chi connectivity index (χ2v) is 5.09. The molecule has 0 atom stereocenters. The first-order valence-corrected chi connectivity index (χ1v) is 7.00. The predicted molar refractivity (Wildman–Crippen MR) is 72.9 cm³/mol. The topological polar surface area (TPSA) is 15.3 Å². The van der Waals surface area contributed by atoms with Gasteiger partial charge in [0, 0.05) is 18.7 Å². The zero-order chi connectivity index (χ0) is 12.8. The molecular weight excluding hydrogens is 227 g/mol. The number of hydrogen-bond donors (Lipinski definition) is 1. The Balaban J connectivity index is 1.96. The summed E-state index contributed by atoms with van der Waals surface area (Å²) in [4.78, 5) is 2.33. The number of likely N-dealkylation sites (tertiary alicyclic amines) is 1. The highest BCUT2D eigenvalue weighted by Gasteiger charge is 2.14. The van der Waals surface area contributed by atoms with Crippen molar-refractivity contribution in [2.75, 3.05) is 19.6 Å². The molecule has 0 aliphatic carbocycles. The van der Waals surface area contributed by atoms with Crippen LogP contribution >= 0.6 is 0 Å². The minimum absolute atomic E-state index is 0.0684. The molecule has 0 amide bonds. The van der Waals surface area contributed by atoms with Gasteiger partial charge >= 0.3 is 0 Å². The van der Waals surface area contributed by atoms with Gasteiger partial charge in [0.2, 0.25) is 0 Å². The van der Waals surface area contributed by atoms with Crippen LogP contribution in [-0.4, -0.2) is 24.5 Å². The van der Waals surface area contributed by atoms with Crippen molar-refractivity contribution >= 4 is 0 Å². The van der Waals surface area contributed by atoms with Gasteiger partial charge in [0.25, 0.3) is 0 Å². The van der Waals surface area contributed by atoms with Crippen LogP contribution in [0.4, 0.5) is 4.39 Å². The van der Waals surface area contributed by atoms with Crippen molar-refractivity contribution in [3.63, 3.8) is 0 Å². The number of benzene rings is 1. The highest BCUT2D eigenvalue weighted by Crippen LogP contribution is 2.16. The van der Waals surface area contributed by atoms with E-state index >= 15 is 0 Å². The van der Waals surface area contributed by atoms with Gasteiger partial charge in [0.1, 0.15) is 5.82 Å². The van der Waals surface area contributed by atoms with E-state index in [-0.39, 0.29) is 5.82 Å². The Morgan fingerprint density at radius 1 is 1.28 bits per heavy atom. The molecule has 1 saturated heterocycles. The maximum absolute atomic E-state index is 13.8. The molecule has 3 heteroatoms. The molecular formula is C15H23FN2. The molecule has 1 heterocycles. The molecule has 0 radical (unpaired) electrons. The summed E-state index contributed by atoms with van der Waals surface area (Å²) in [6, 6.07) is 5.50. The zero-order valence-electron chi connectivity index (χ0n) is 11.2. The van der Waals surface area contributed by atoms with E-state index in [4.69, 9.17) is 0 Å². The Bertz CT molecular complexity index is 373. The molecule has 1 aromatic carbocycles. The molecule has 100 valence electrons. The fourth-order valence-electron chi connectivity index (χ4n) is 2.45. The molecule has 1 N–H and O–H groups in total. The van der Waals surface area contributed by atoms with Crippen molar-refractivity contribution < 1.29 is 4.39 Å². The van der Waals surface area contributed by atoms with Gasteiger partial charge in [-0.2, -0.15) is 0 Å². The van der Waals surface area contributed by atoms with Gasteiger partial charge in [-0.05, 0) is 50.5 Å². The summed E-state index contributed by atoms with van der Waals surface area (Å²) >= 11 is 0. The van der Waals surface area contributed by atoms with Gasteiger partial charge in [-0.1, -0.05) is 19.1 Å². The summed E-state index contributed by atoms with van der Waals surface area (Å²) in [5, 5.41) is 3.36. The fraction of sp³-hybridized carbons (Fsp3) is 0.600. The lowest BCUT2D eigenvalue weighted by Gasteiger charge is -2.16. The van der Waals surface area contributed by atoms with Crippen LogP contribution in [0.15, 0.2) is 18.2 Å². The van der Waals surface area contributed by atoms with Crippen LogP contribution in [0.25, 0.3) is 0 Å². The molecule has 0 saturated carbocycles. The molecule has 1 aromatic rings. The summed E-state index contributed by atoms with van der Waals surface area (Å²) in [7, 11) is 0. The molecule has 2 rings (SSSR count). The third kappa shape index (κ3) is 3.79. The number of rotatable bonds is 6. The molecule has 0 unspecified atom stereocenters. The van der Waals surface area contributed by atoms with Crippen molar-refractivity contribution in [1.29, 1.82) is 0 Å².